The van der Waals surface area contributed by atoms with Gasteiger partial charge in [-0.1, -0.05) is 0 Å². The van der Waals surface area contributed by atoms with Gasteiger partial charge in [-0.25, -0.2) is 10.5 Å². The van der Waals surface area contributed by atoms with Gasteiger partial charge in [-0.15, -0.1) is 0 Å². The molecule has 0 amide bonds. The van der Waals surface area contributed by atoms with E-state index in [1.54, 1.807) is 18.5 Å². The van der Waals surface area contributed by atoms with E-state index < -0.39 is 0 Å². The molecule has 2 heterocycles. The molecular formula is C10H10N10. The SMILES string of the molecule is N#CCN(CC#N)c1nc(NN)nc(-n2cccn2)n1. The molecule has 10 nitrogen and oxygen atoms in total. The molecule has 2 aromatic heterocycles. The summed E-state index contributed by atoms with van der Waals surface area (Å²) >= 11 is 0. The lowest BCUT2D eigenvalue weighted by Crippen LogP contribution is -2.27. The van der Waals surface area contributed by atoms with E-state index in [1.807, 2.05) is 12.1 Å². The van der Waals surface area contributed by atoms with Gasteiger partial charge in [0.25, 0.3) is 5.95 Å². The number of nitrogens with one attached hydrogen (secondary N) is 1. The number of nitriles is 2. The first-order chi connectivity index (χ1) is 9.78. The van der Waals surface area contributed by atoms with Gasteiger partial charge in [-0.3, -0.25) is 5.43 Å². The number of anilines is 2. The van der Waals surface area contributed by atoms with Crippen LogP contribution in [0.4, 0.5) is 11.9 Å². The Balaban J connectivity index is 2.45. The molecule has 0 aliphatic rings. The lowest BCUT2D eigenvalue weighted by atomic mass is 10.5. The van der Waals surface area contributed by atoms with Crippen molar-refractivity contribution in [1.29, 1.82) is 10.5 Å². The second-order valence-electron chi connectivity index (χ2n) is 3.53. The van der Waals surface area contributed by atoms with Gasteiger partial charge in [0.2, 0.25) is 11.9 Å². The van der Waals surface area contributed by atoms with Crippen LogP contribution in [0.1, 0.15) is 0 Å². The summed E-state index contributed by atoms with van der Waals surface area (Å²) < 4.78 is 1.42. The first-order valence-corrected chi connectivity index (χ1v) is 5.50. The molecule has 0 radical (unpaired) electrons. The number of hydrogen-bond acceptors (Lipinski definition) is 9. The Kier molecular flexibility index (Phi) is 4.01. The van der Waals surface area contributed by atoms with Crippen LogP contribution in [0.2, 0.25) is 0 Å². The molecule has 100 valence electrons. The Morgan fingerprint density at radius 3 is 2.55 bits per heavy atom. The van der Waals surface area contributed by atoms with Crippen LogP contribution in [-0.2, 0) is 0 Å². The minimum atomic E-state index is -0.0276. The second kappa shape index (κ2) is 6.08. The molecule has 10 heteroatoms. The highest BCUT2D eigenvalue weighted by molar-refractivity contribution is 5.41. The number of nitrogens with two attached hydrogens (primary N) is 1. The minimum Gasteiger partial charge on any atom is -0.314 e. The Labute approximate surface area is 114 Å². The van der Waals surface area contributed by atoms with Gasteiger partial charge in [-0.05, 0) is 6.07 Å². The van der Waals surface area contributed by atoms with Crippen molar-refractivity contribution in [3.63, 3.8) is 0 Å². The zero-order valence-corrected chi connectivity index (χ0v) is 10.3. The van der Waals surface area contributed by atoms with Crippen molar-refractivity contribution in [2.75, 3.05) is 23.4 Å². The second-order valence-corrected chi connectivity index (χ2v) is 3.53. The van der Waals surface area contributed by atoms with Gasteiger partial charge in [0, 0.05) is 12.4 Å². The van der Waals surface area contributed by atoms with Crippen molar-refractivity contribution < 1.29 is 0 Å². The molecule has 0 aliphatic heterocycles. The maximum atomic E-state index is 8.77. The number of nitrogens with zero attached hydrogens (tertiary/aromatic N) is 8. The molecule has 0 bridgehead atoms. The first-order valence-electron chi connectivity index (χ1n) is 5.50. The van der Waals surface area contributed by atoms with Crippen molar-refractivity contribution in [2.45, 2.75) is 0 Å². The lowest BCUT2D eigenvalue weighted by Gasteiger charge is -2.16. The van der Waals surface area contributed by atoms with Crippen molar-refractivity contribution in [3.05, 3.63) is 18.5 Å². The van der Waals surface area contributed by atoms with E-state index in [9.17, 15) is 0 Å². The Morgan fingerprint density at radius 1 is 1.25 bits per heavy atom. The summed E-state index contributed by atoms with van der Waals surface area (Å²) in [5, 5.41) is 21.5. The highest BCUT2D eigenvalue weighted by Crippen LogP contribution is 2.12. The molecule has 0 aliphatic carbocycles. The summed E-state index contributed by atoms with van der Waals surface area (Å²) in [5.74, 6) is 5.82. The molecule has 0 saturated heterocycles. The number of rotatable bonds is 5. The molecule has 2 rings (SSSR count). The molecule has 3 N–H and O–H groups in total. The van der Waals surface area contributed by atoms with Crippen LogP contribution in [0, 0.1) is 22.7 Å². The van der Waals surface area contributed by atoms with Crippen molar-refractivity contribution in [2.24, 2.45) is 5.84 Å². The standard InChI is InChI=1S/C10H10N10/c11-2-6-19(7-3-12)9-15-8(18-13)16-10(17-9)20-5-1-4-14-20/h1,4-5H,6-7,13H2,(H,15,16,17,18). The maximum Gasteiger partial charge on any atom is 0.257 e. The summed E-state index contributed by atoms with van der Waals surface area (Å²) in [7, 11) is 0. The largest absolute Gasteiger partial charge is 0.314 e. The van der Waals surface area contributed by atoms with E-state index in [0.29, 0.717) is 0 Å². The number of hydrogen-bond donors (Lipinski definition) is 2. The minimum absolute atomic E-state index is 0.0276. The van der Waals surface area contributed by atoms with Gasteiger partial charge in [-0.2, -0.15) is 30.6 Å². The summed E-state index contributed by atoms with van der Waals surface area (Å²) in [5.41, 5.74) is 2.31. The van der Waals surface area contributed by atoms with Crippen molar-refractivity contribution in [1.82, 2.24) is 24.7 Å². The Hall–Kier alpha value is -3.24. The average Bonchev–Trinajstić information content (AvgIpc) is 3.01. The molecule has 2 aromatic rings. The van der Waals surface area contributed by atoms with Gasteiger partial charge in [0.05, 0.1) is 12.1 Å². The van der Waals surface area contributed by atoms with E-state index in [0.717, 1.165) is 0 Å². The molecule has 20 heavy (non-hydrogen) atoms. The van der Waals surface area contributed by atoms with Crippen LogP contribution in [0.5, 0.6) is 0 Å². The predicted molar refractivity (Wildman–Crippen MR) is 68.2 cm³/mol. The van der Waals surface area contributed by atoms with Crippen LogP contribution in [0.25, 0.3) is 5.95 Å². The highest BCUT2D eigenvalue weighted by atomic mass is 15.4. The van der Waals surface area contributed by atoms with Crippen LogP contribution in [0.15, 0.2) is 18.5 Å². The normalized spacial score (nSPS) is 9.55. The molecular weight excluding hydrogens is 260 g/mol. The van der Waals surface area contributed by atoms with Gasteiger partial charge < -0.3 is 4.90 Å². The van der Waals surface area contributed by atoms with Crippen LogP contribution >= 0.6 is 0 Å². The highest BCUT2D eigenvalue weighted by Gasteiger charge is 2.14. The lowest BCUT2D eigenvalue weighted by molar-refractivity contribution is 0.779. The smallest absolute Gasteiger partial charge is 0.257 e. The fourth-order valence-corrected chi connectivity index (χ4v) is 1.42. The number of aromatic nitrogens is 5. The number of hydrazine groups is 1. The molecule has 0 atom stereocenters. The molecule has 0 aromatic carbocycles. The van der Waals surface area contributed by atoms with Crippen LogP contribution < -0.4 is 16.2 Å². The van der Waals surface area contributed by atoms with E-state index in [4.69, 9.17) is 16.4 Å². The average molecular weight is 270 g/mol. The Morgan fingerprint density at radius 2 is 2.00 bits per heavy atom. The summed E-state index contributed by atoms with van der Waals surface area (Å²) in [4.78, 5) is 13.6. The fourth-order valence-electron chi connectivity index (χ4n) is 1.42. The molecule has 0 unspecified atom stereocenters. The summed E-state index contributed by atoms with van der Waals surface area (Å²) in [6, 6.07) is 5.60. The van der Waals surface area contributed by atoms with Gasteiger partial charge in [0.15, 0.2) is 0 Å². The molecule has 0 saturated carbocycles. The van der Waals surface area contributed by atoms with Crippen molar-refractivity contribution >= 4 is 11.9 Å². The van der Waals surface area contributed by atoms with Crippen molar-refractivity contribution in [3.8, 4) is 18.1 Å². The first kappa shape index (κ1) is 13.2. The maximum absolute atomic E-state index is 8.77. The fraction of sp³-hybridized carbons (Fsp3) is 0.200. The van der Waals surface area contributed by atoms with E-state index in [-0.39, 0.29) is 30.9 Å². The quantitative estimate of drug-likeness (QED) is 0.404. The van der Waals surface area contributed by atoms with E-state index >= 15 is 0 Å². The monoisotopic (exact) mass is 270 g/mol. The topological polar surface area (TPSA) is 145 Å². The van der Waals surface area contributed by atoms with E-state index in [1.165, 1.54) is 9.58 Å². The molecule has 0 fully saturated rings. The van der Waals surface area contributed by atoms with Crippen LogP contribution in [0.3, 0.4) is 0 Å². The number of nitrogen functional groups attached to an aromatic ring is 1. The molecule has 0 spiro atoms. The van der Waals surface area contributed by atoms with Gasteiger partial charge in [0.1, 0.15) is 13.1 Å². The van der Waals surface area contributed by atoms with Crippen LogP contribution in [-0.4, -0.2) is 37.8 Å². The third-order valence-corrected chi connectivity index (χ3v) is 2.26. The Bertz CT molecular complexity index is 634. The summed E-state index contributed by atoms with van der Waals surface area (Å²) in [6.07, 6.45) is 3.22. The van der Waals surface area contributed by atoms with E-state index in [2.05, 4.69) is 25.5 Å². The third kappa shape index (κ3) is 2.77. The van der Waals surface area contributed by atoms with Gasteiger partial charge >= 0.3 is 0 Å². The third-order valence-electron chi connectivity index (χ3n) is 2.26. The zero-order valence-electron chi connectivity index (χ0n) is 10.3. The summed E-state index contributed by atoms with van der Waals surface area (Å²) in [6.45, 7) is -0.0553. The zero-order chi connectivity index (χ0) is 14.4. The predicted octanol–water partition coefficient (Wildman–Crippen LogP) is -0.804.